The predicted molar refractivity (Wildman–Crippen MR) is 123 cm³/mol. The summed E-state index contributed by atoms with van der Waals surface area (Å²) in [4.78, 5) is 21.3. The second kappa shape index (κ2) is 8.70. The molecule has 31 heavy (non-hydrogen) atoms. The fourth-order valence-corrected chi connectivity index (χ4v) is 4.16. The lowest BCUT2D eigenvalue weighted by Gasteiger charge is -2.36. The second-order valence-corrected chi connectivity index (χ2v) is 8.96. The van der Waals surface area contributed by atoms with Gasteiger partial charge in [0.2, 0.25) is 11.7 Å². The van der Waals surface area contributed by atoms with E-state index in [0.29, 0.717) is 24.8 Å². The van der Waals surface area contributed by atoms with Crippen LogP contribution in [-0.2, 0) is 0 Å². The first-order valence-electron chi connectivity index (χ1n) is 10.7. The van der Waals surface area contributed by atoms with Crippen molar-refractivity contribution in [2.75, 3.05) is 36.4 Å². The zero-order valence-electron chi connectivity index (χ0n) is 17.1. The van der Waals surface area contributed by atoms with Crippen molar-refractivity contribution < 1.29 is 9.32 Å². The number of carbonyl (C=O) groups excluding carboxylic acids is 1. The van der Waals surface area contributed by atoms with Crippen molar-refractivity contribution in [2.45, 2.75) is 25.2 Å². The molecule has 0 atom stereocenters. The predicted octanol–water partition coefficient (Wildman–Crippen LogP) is 5.12. The fourth-order valence-electron chi connectivity index (χ4n) is 3.90. The molecule has 3 aromatic rings. The summed E-state index contributed by atoms with van der Waals surface area (Å²) < 4.78 is 6.42. The van der Waals surface area contributed by atoms with Crippen molar-refractivity contribution in [1.82, 2.24) is 15.0 Å². The smallest absolute Gasteiger partial charge is 0.321 e. The topological polar surface area (TPSA) is 74.5 Å². The van der Waals surface area contributed by atoms with Gasteiger partial charge in [0.25, 0.3) is 0 Å². The van der Waals surface area contributed by atoms with Crippen LogP contribution in [0.2, 0.25) is 0 Å². The van der Waals surface area contributed by atoms with Gasteiger partial charge in [-0.15, -0.1) is 0 Å². The maximum Gasteiger partial charge on any atom is 0.321 e. The quantitative estimate of drug-likeness (QED) is 0.559. The van der Waals surface area contributed by atoms with E-state index in [9.17, 15) is 4.79 Å². The van der Waals surface area contributed by atoms with E-state index >= 15 is 0 Å². The van der Waals surface area contributed by atoms with Crippen molar-refractivity contribution in [3.63, 3.8) is 0 Å². The van der Waals surface area contributed by atoms with E-state index in [4.69, 9.17) is 4.52 Å². The molecule has 0 unspecified atom stereocenters. The molecule has 2 aromatic carbocycles. The number of hydrogen-bond acceptors (Lipinski definition) is 5. The van der Waals surface area contributed by atoms with Gasteiger partial charge in [-0.3, -0.25) is 0 Å². The number of piperazine rings is 1. The van der Waals surface area contributed by atoms with Crippen molar-refractivity contribution >= 4 is 33.3 Å². The molecular weight excluding hydrogens is 458 g/mol. The van der Waals surface area contributed by atoms with Crippen LogP contribution in [0.1, 0.15) is 31.1 Å². The molecule has 0 radical (unpaired) electrons. The lowest BCUT2D eigenvalue weighted by atomic mass is 9.85. The second-order valence-electron chi connectivity index (χ2n) is 8.04. The molecule has 2 aliphatic rings. The van der Waals surface area contributed by atoms with E-state index in [2.05, 4.69) is 48.4 Å². The average Bonchev–Trinajstić information content (AvgIpc) is 3.24. The van der Waals surface area contributed by atoms with E-state index in [1.165, 1.54) is 6.42 Å². The number of halogens is 1. The fraction of sp³-hybridized carbons (Fsp3) is 0.348. The average molecular weight is 482 g/mol. The monoisotopic (exact) mass is 481 g/mol. The highest BCUT2D eigenvalue weighted by Gasteiger charge is 2.26. The van der Waals surface area contributed by atoms with E-state index in [0.717, 1.165) is 53.2 Å². The van der Waals surface area contributed by atoms with Gasteiger partial charge in [0.1, 0.15) is 0 Å². The highest BCUT2D eigenvalue weighted by molar-refractivity contribution is 9.10. The van der Waals surface area contributed by atoms with E-state index in [1.807, 2.05) is 41.3 Å². The van der Waals surface area contributed by atoms with Gasteiger partial charge in [-0.2, -0.15) is 4.98 Å². The minimum absolute atomic E-state index is 0.0586. The van der Waals surface area contributed by atoms with Gasteiger partial charge >= 0.3 is 6.03 Å². The first kappa shape index (κ1) is 20.1. The molecule has 1 aliphatic carbocycles. The number of carbonyl (C=O) groups is 1. The largest absolute Gasteiger partial charge is 0.368 e. The molecule has 2 amide bonds. The van der Waals surface area contributed by atoms with Crippen LogP contribution in [0.5, 0.6) is 0 Å². The lowest BCUT2D eigenvalue weighted by molar-refractivity contribution is 0.208. The van der Waals surface area contributed by atoms with Gasteiger partial charge in [-0.25, -0.2) is 4.79 Å². The molecular formula is C23H24BrN5O2. The first-order valence-corrected chi connectivity index (χ1v) is 11.5. The number of nitrogens with zero attached hydrogens (tertiary/aromatic N) is 4. The number of rotatable bonds is 4. The summed E-state index contributed by atoms with van der Waals surface area (Å²) in [6, 6.07) is 15.8. The minimum Gasteiger partial charge on any atom is -0.368 e. The number of hydrogen-bond donors (Lipinski definition) is 1. The van der Waals surface area contributed by atoms with Gasteiger partial charge in [-0.05, 0) is 61.4 Å². The Hall–Kier alpha value is -2.87. The van der Waals surface area contributed by atoms with Gasteiger partial charge < -0.3 is 19.6 Å². The summed E-state index contributed by atoms with van der Waals surface area (Å²) in [6.07, 6.45) is 3.54. The molecule has 2 heterocycles. The number of aromatic nitrogens is 2. The Kier molecular flexibility index (Phi) is 5.63. The van der Waals surface area contributed by atoms with Crippen LogP contribution in [0.15, 0.2) is 57.5 Å². The number of benzene rings is 2. The maximum atomic E-state index is 12.5. The Morgan fingerprint density at radius 3 is 2.35 bits per heavy atom. The summed E-state index contributed by atoms with van der Waals surface area (Å²) in [5.74, 6) is 1.86. The molecule has 0 bridgehead atoms. The van der Waals surface area contributed by atoms with Crippen molar-refractivity contribution in [3.8, 4) is 11.4 Å². The zero-order valence-corrected chi connectivity index (χ0v) is 18.7. The van der Waals surface area contributed by atoms with Gasteiger partial charge in [-0.1, -0.05) is 27.5 Å². The van der Waals surface area contributed by atoms with Crippen LogP contribution in [-0.4, -0.2) is 47.3 Å². The normalized spacial score (nSPS) is 16.8. The van der Waals surface area contributed by atoms with Crippen LogP contribution in [0.4, 0.5) is 16.2 Å². The molecule has 8 heteroatoms. The third-order valence-corrected chi connectivity index (χ3v) is 6.58. The molecule has 5 rings (SSSR count). The highest BCUT2D eigenvalue weighted by Crippen LogP contribution is 2.36. The van der Waals surface area contributed by atoms with Gasteiger partial charge in [0.05, 0.1) is 0 Å². The van der Waals surface area contributed by atoms with Crippen LogP contribution in [0, 0.1) is 0 Å². The van der Waals surface area contributed by atoms with Crippen molar-refractivity contribution in [3.05, 3.63) is 58.9 Å². The van der Waals surface area contributed by atoms with Crippen molar-refractivity contribution in [1.29, 1.82) is 0 Å². The molecule has 1 saturated heterocycles. The Morgan fingerprint density at radius 1 is 1.00 bits per heavy atom. The number of anilines is 2. The van der Waals surface area contributed by atoms with Gasteiger partial charge in [0.15, 0.2) is 0 Å². The van der Waals surface area contributed by atoms with Crippen molar-refractivity contribution in [2.24, 2.45) is 0 Å². The standard InChI is InChI=1S/C23H24BrN5O2/c24-18-6-8-19(9-7-18)25-23(30)29-14-12-28(13-15-29)20-10-4-16(5-11-20)21-26-22(31-27-21)17-2-1-3-17/h4-11,17H,1-3,12-15H2,(H,25,30). The first-order chi connectivity index (χ1) is 15.2. The summed E-state index contributed by atoms with van der Waals surface area (Å²) in [5, 5.41) is 7.11. The molecule has 1 saturated carbocycles. The van der Waals surface area contributed by atoms with Crippen LogP contribution in [0.25, 0.3) is 11.4 Å². The van der Waals surface area contributed by atoms with Crippen LogP contribution in [0.3, 0.4) is 0 Å². The molecule has 160 valence electrons. The van der Waals surface area contributed by atoms with E-state index < -0.39 is 0 Å². The minimum atomic E-state index is -0.0586. The van der Waals surface area contributed by atoms with Gasteiger partial charge in [0, 0.05) is 53.5 Å². The lowest BCUT2D eigenvalue weighted by Crippen LogP contribution is -2.50. The van der Waals surface area contributed by atoms with E-state index in [1.54, 1.807) is 0 Å². The molecule has 2 fully saturated rings. The van der Waals surface area contributed by atoms with Crippen LogP contribution < -0.4 is 10.2 Å². The Bertz CT molecular complexity index is 1040. The van der Waals surface area contributed by atoms with Crippen LogP contribution >= 0.6 is 15.9 Å². The summed E-state index contributed by atoms with van der Waals surface area (Å²) >= 11 is 3.41. The SMILES string of the molecule is O=C(Nc1ccc(Br)cc1)N1CCN(c2ccc(-c3noc(C4CCC4)n3)cc2)CC1. The number of nitrogens with one attached hydrogen (secondary N) is 1. The molecule has 0 spiro atoms. The Labute approximate surface area is 189 Å². The summed E-state index contributed by atoms with van der Waals surface area (Å²) in [7, 11) is 0. The zero-order chi connectivity index (χ0) is 21.2. The third kappa shape index (κ3) is 4.44. The molecule has 1 N–H and O–H groups in total. The third-order valence-electron chi connectivity index (χ3n) is 6.05. The number of amides is 2. The van der Waals surface area contributed by atoms with E-state index in [-0.39, 0.29) is 6.03 Å². The number of urea groups is 1. The summed E-state index contributed by atoms with van der Waals surface area (Å²) in [6.45, 7) is 2.95. The summed E-state index contributed by atoms with van der Waals surface area (Å²) in [5.41, 5.74) is 2.90. The Balaban J connectivity index is 1.16. The maximum absolute atomic E-state index is 12.5. The highest BCUT2D eigenvalue weighted by atomic mass is 79.9. The Morgan fingerprint density at radius 2 is 1.71 bits per heavy atom. The molecule has 1 aliphatic heterocycles. The molecule has 1 aromatic heterocycles. The molecule has 7 nitrogen and oxygen atoms in total.